The van der Waals surface area contributed by atoms with E-state index in [1.165, 1.54) is 13.0 Å². The highest BCUT2D eigenvalue weighted by Gasteiger charge is 2.77. The van der Waals surface area contributed by atoms with Gasteiger partial charge in [0.1, 0.15) is 18.3 Å². The van der Waals surface area contributed by atoms with E-state index in [-0.39, 0.29) is 0 Å². The number of fused-ring (bicyclic) bond motifs is 2. The van der Waals surface area contributed by atoms with E-state index < -0.39 is 88.8 Å². The normalized spacial score (nSPS) is 53.6. The maximum absolute atomic E-state index is 12.7. The van der Waals surface area contributed by atoms with Gasteiger partial charge in [-0.25, -0.2) is 4.79 Å². The smallest absolute Gasteiger partial charge is 0.335 e. The highest BCUT2D eigenvalue weighted by atomic mass is 16.6. The molecule has 2 saturated carbocycles. The van der Waals surface area contributed by atoms with E-state index in [0.29, 0.717) is 5.57 Å². The molecule has 9 heteroatoms. The second-order valence-corrected chi connectivity index (χ2v) is 10.1. The molecule has 0 spiro atoms. The molecule has 4 rings (SSSR count). The summed E-state index contributed by atoms with van der Waals surface area (Å²) in [5, 5.41) is 44.0. The summed E-state index contributed by atoms with van der Waals surface area (Å²) >= 11 is 0. The second kappa shape index (κ2) is 6.84. The summed E-state index contributed by atoms with van der Waals surface area (Å²) in [6.45, 7) is 7.84. The van der Waals surface area contributed by atoms with E-state index in [2.05, 4.69) is 0 Å². The Balaban J connectivity index is 2.03. The van der Waals surface area contributed by atoms with Gasteiger partial charge in [0.2, 0.25) is 0 Å². The Labute approximate surface area is 180 Å². The van der Waals surface area contributed by atoms with Gasteiger partial charge in [-0.15, -0.1) is 0 Å². The minimum Gasteiger partial charge on any atom is -0.458 e. The Morgan fingerprint density at radius 1 is 1.10 bits per heavy atom. The van der Waals surface area contributed by atoms with Crippen LogP contribution >= 0.6 is 0 Å². The van der Waals surface area contributed by atoms with Crippen molar-refractivity contribution in [2.75, 3.05) is 0 Å². The van der Waals surface area contributed by atoms with E-state index >= 15 is 0 Å². The third-order valence-corrected chi connectivity index (χ3v) is 8.61. The van der Waals surface area contributed by atoms with Gasteiger partial charge in [-0.05, 0) is 18.9 Å². The summed E-state index contributed by atoms with van der Waals surface area (Å²) in [6.07, 6.45) is -6.62. The van der Waals surface area contributed by atoms with E-state index in [9.17, 15) is 34.8 Å². The third kappa shape index (κ3) is 2.60. The predicted octanol–water partition coefficient (Wildman–Crippen LogP) is -0.659. The van der Waals surface area contributed by atoms with Crippen molar-refractivity contribution in [3.63, 3.8) is 0 Å². The monoisotopic (exact) mass is 438 g/mol. The minimum atomic E-state index is -1.58. The number of hydrogen-bond acceptors (Lipinski definition) is 9. The van der Waals surface area contributed by atoms with E-state index in [0.717, 1.165) is 0 Å². The fraction of sp³-hybridized carbons (Fsp3) is 0.773. The molecule has 1 saturated heterocycles. The fourth-order valence-electron chi connectivity index (χ4n) is 7.62. The van der Waals surface area contributed by atoms with Gasteiger partial charge in [-0.2, -0.15) is 0 Å². The second-order valence-electron chi connectivity index (χ2n) is 10.1. The van der Waals surface area contributed by atoms with Crippen LogP contribution in [0, 0.1) is 34.5 Å². The van der Waals surface area contributed by atoms with Crippen LogP contribution in [-0.2, 0) is 23.9 Å². The predicted molar refractivity (Wildman–Crippen MR) is 104 cm³/mol. The zero-order chi connectivity index (χ0) is 23.2. The van der Waals surface area contributed by atoms with Crippen molar-refractivity contribution in [1.82, 2.24) is 0 Å². The van der Waals surface area contributed by atoms with Crippen molar-refractivity contribution in [2.45, 2.75) is 71.2 Å². The van der Waals surface area contributed by atoms with Crippen LogP contribution in [0.5, 0.6) is 0 Å². The summed E-state index contributed by atoms with van der Waals surface area (Å²) in [5.41, 5.74) is -2.04. The molecule has 3 aliphatic carbocycles. The van der Waals surface area contributed by atoms with Gasteiger partial charge in [0, 0.05) is 35.5 Å². The molecule has 12 atom stereocenters. The molecule has 0 bridgehead atoms. The van der Waals surface area contributed by atoms with Crippen molar-refractivity contribution in [3.8, 4) is 0 Å². The average Bonchev–Trinajstić information content (AvgIpc) is 2.66. The maximum atomic E-state index is 12.7. The molecule has 0 radical (unpaired) electrons. The lowest BCUT2D eigenvalue weighted by molar-refractivity contribution is -0.325. The lowest BCUT2D eigenvalue weighted by atomic mass is 9.37. The van der Waals surface area contributed by atoms with Crippen LogP contribution in [0.25, 0.3) is 0 Å². The topological polar surface area (TPSA) is 151 Å². The van der Waals surface area contributed by atoms with Crippen molar-refractivity contribution in [1.29, 1.82) is 0 Å². The number of esters is 2. The van der Waals surface area contributed by atoms with Gasteiger partial charge >= 0.3 is 11.9 Å². The number of carbonyl (C=O) groups is 3. The summed E-state index contributed by atoms with van der Waals surface area (Å²) < 4.78 is 11.3. The largest absolute Gasteiger partial charge is 0.458 e. The van der Waals surface area contributed by atoms with E-state index in [1.807, 2.05) is 0 Å². The Morgan fingerprint density at radius 3 is 2.29 bits per heavy atom. The quantitative estimate of drug-likeness (QED) is 0.391. The average molecular weight is 438 g/mol. The lowest BCUT2D eigenvalue weighted by Gasteiger charge is -2.70. The standard InChI is InChI=1S/C22H30O9/c1-7-6-10(24)18(28)21(4)11(7)16(30-9(3)23)19-22(5)12(14(26)20(29)31-19)8(2)13(25)15(27)17(21)22/h6,8,11-19,25-28H,1-5H3. The molecule has 9 nitrogen and oxygen atoms in total. The SMILES string of the molecule is CC(=O)OC1C2OC(=O)C(O)C3C(C)C(O)C(O)C(C4(C)C(O)C(=O)C=C(C)C14)C23C. The zero-order valence-electron chi connectivity index (χ0n) is 18.2. The van der Waals surface area contributed by atoms with Crippen molar-refractivity contribution < 1.29 is 44.3 Å². The Kier molecular flexibility index (Phi) is 4.94. The lowest BCUT2D eigenvalue weighted by Crippen LogP contribution is -2.79. The van der Waals surface area contributed by atoms with E-state index in [4.69, 9.17) is 9.47 Å². The molecule has 4 aliphatic rings. The highest BCUT2D eigenvalue weighted by Crippen LogP contribution is 2.68. The van der Waals surface area contributed by atoms with Crippen molar-refractivity contribution >= 4 is 17.7 Å². The first-order valence-electron chi connectivity index (χ1n) is 10.6. The first-order valence-corrected chi connectivity index (χ1v) is 10.6. The molecule has 0 amide bonds. The molecule has 1 heterocycles. The molecule has 0 aromatic carbocycles. The molecule has 31 heavy (non-hydrogen) atoms. The number of ether oxygens (including phenoxy) is 2. The van der Waals surface area contributed by atoms with Crippen LogP contribution in [-0.4, -0.2) is 74.8 Å². The van der Waals surface area contributed by atoms with Gasteiger partial charge < -0.3 is 29.9 Å². The van der Waals surface area contributed by atoms with Gasteiger partial charge in [0.05, 0.1) is 12.2 Å². The molecular weight excluding hydrogens is 408 g/mol. The number of hydrogen-bond donors (Lipinski definition) is 4. The zero-order valence-corrected chi connectivity index (χ0v) is 18.2. The Bertz CT molecular complexity index is 867. The van der Waals surface area contributed by atoms with Gasteiger partial charge in [0.25, 0.3) is 0 Å². The number of aliphatic hydroxyl groups excluding tert-OH is 4. The van der Waals surface area contributed by atoms with Gasteiger partial charge in [-0.1, -0.05) is 26.3 Å². The highest BCUT2D eigenvalue weighted by molar-refractivity contribution is 5.96. The van der Waals surface area contributed by atoms with E-state index in [1.54, 1.807) is 27.7 Å². The first-order chi connectivity index (χ1) is 14.3. The molecule has 4 N–H and O–H groups in total. The molecule has 1 aliphatic heterocycles. The Hall–Kier alpha value is -1.81. The molecule has 0 aromatic heterocycles. The molecule has 12 unspecified atom stereocenters. The summed E-state index contributed by atoms with van der Waals surface area (Å²) in [5.74, 6) is -5.33. The van der Waals surface area contributed by atoms with Crippen molar-refractivity contribution in [2.24, 2.45) is 34.5 Å². The summed E-state index contributed by atoms with van der Waals surface area (Å²) in [7, 11) is 0. The number of rotatable bonds is 1. The summed E-state index contributed by atoms with van der Waals surface area (Å²) in [4.78, 5) is 37.3. The third-order valence-electron chi connectivity index (χ3n) is 8.61. The Morgan fingerprint density at radius 2 is 1.71 bits per heavy atom. The van der Waals surface area contributed by atoms with Gasteiger partial charge in [0.15, 0.2) is 11.9 Å². The fourth-order valence-corrected chi connectivity index (χ4v) is 7.62. The minimum absolute atomic E-state index is 0.519. The number of ketones is 1. The molecule has 0 aromatic rings. The number of carbonyl (C=O) groups excluding carboxylic acids is 3. The van der Waals surface area contributed by atoms with Crippen molar-refractivity contribution in [3.05, 3.63) is 11.6 Å². The van der Waals surface area contributed by atoms with Crippen LogP contribution in [0.15, 0.2) is 11.6 Å². The van der Waals surface area contributed by atoms with Crippen LogP contribution in [0.4, 0.5) is 0 Å². The van der Waals surface area contributed by atoms with Crippen LogP contribution < -0.4 is 0 Å². The van der Waals surface area contributed by atoms with Crippen LogP contribution in [0.1, 0.15) is 34.6 Å². The van der Waals surface area contributed by atoms with Gasteiger partial charge in [-0.3, -0.25) is 9.59 Å². The molecular formula is C22H30O9. The molecule has 172 valence electrons. The maximum Gasteiger partial charge on any atom is 0.335 e. The first kappa shape index (κ1) is 22.4. The molecule has 3 fully saturated rings. The van der Waals surface area contributed by atoms with Crippen LogP contribution in [0.2, 0.25) is 0 Å². The van der Waals surface area contributed by atoms with Crippen LogP contribution in [0.3, 0.4) is 0 Å². The summed E-state index contributed by atoms with van der Waals surface area (Å²) in [6, 6.07) is 0. The number of aliphatic hydroxyl groups is 4.